The lowest BCUT2D eigenvalue weighted by molar-refractivity contribution is 0.294. The molecule has 0 saturated heterocycles. The molecule has 0 aliphatic heterocycles. The Balaban J connectivity index is 2.63. The third kappa shape index (κ3) is 5.51. The number of nitrogens with zero attached hydrogens (tertiary/aromatic N) is 1. The monoisotopic (exact) mass is 388 g/mol. The number of ether oxygens (including phenoxy) is 2. The van der Waals surface area contributed by atoms with Gasteiger partial charge in [0.25, 0.3) is 5.56 Å². The van der Waals surface area contributed by atoms with Gasteiger partial charge in [0.05, 0.1) is 24.3 Å². The van der Waals surface area contributed by atoms with Gasteiger partial charge < -0.3 is 19.8 Å². The Hall–Kier alpha value is -2.01. The minimum atomic E-state index is -0.0503. The number of fused-ring (bicyclic) bond motifs is 1. The number of aromatic nitrogens is 1. The standard InChI is InChI=1S/C23H36N2O3/c1-6-8-12-27-17-10-11-18-19(14-17)21(28-13-9-7-2)20(15-24)25(22(18)26)16-23(3,4)5/h10-11,14H,6-9,12-13,15-16,24H2,1-5H3. The Morgan fingerprint density at radius 3 is 2.21 bits per heavy atom. The second-order valence-electron chi connectivity index (χ2n) is 8.54. The molecule has 0 unspecified atom stereocenters. The molecular weight excluding hydrogens is 352 g/mol. The van der Waals surface area contributed by atoms with Crippen molar-refractivity contribution in [3.63, 3.8) is 0 Å². The molecule has 2 N–H and O–H groups in total. The fourth-order valence-electron chi connectivity index (χ4n) is 3.19. The normalized spacial score (nSPS) is 11.8. The number of nitrogens with two attached hydrogens (primary N) is 1. The van der Waals surface area contributed by atoms with E-state index in [1.54, 1.807) is 4.57 Å². The van der Waals surface area contributed by atoms with Gasteiger partial charge in [0.15, 0.2) is 0 Å². The maximum atomic E-state index is 13.3. The Morgan fingerprint density at radius 1 is 1.00 bits per heavy atom. The summed E-state index contributed by atoms with van der Waals surface area (Å²) in [6, 6.07) is 5.65. The average molecular weight is 389 g/mol. The lowest BCUT2D eigenvalue weighted by Crippen LogP contribution is -2.31. The van der Waals surface area contributed by atoms with Crippen molar-refractivity contribution >= 4 is 10.8 Å². The molecule has 0 aliphatic rings. The number of hydrogen-bond donors (Lipinski definition) is 1. The van der Waals surface area contributed by atoms with Crippen molar-refractivity contribution in [1.29, 1.82) is 0 Å². The lowest BCUT2D eigenvalue weighted by atomic mass is 9.96. The molecule has 0 bridgehead atoms. The van der Waals surface area contributed by atoms with E-state index in [1.165, 1.54) is 0 Å². The summed E-state index contributed by atoms with van der Waals surface area (Å²) in [6.45, 7) is 12.7. The number of benzene rings is 1. The van der Waals surface area contributed by atoms with Crippen LogP contribution in [0.4, 0.5) is 0 Å². The average Bonchev–Trinajstić information content (AvgIpc) is 2.64. The van der Waals surface area contributed by atoms with Gasteiger partial charge in [0, 0.05) is 18.5 Å². The zero-order chi connectivity index (χ0) is 20.7. The quantitative estimate of drug-likeness (QED) is 0.590. The minimum Gasteiger partial charge on any atom is -0.494 e. The van der Waals surface area contributed by atoms with Crippen LogP contribution in [0.15, 0.2) is 23.0 Å². The van der Waals surface area contributed by atoms with Crippen molar-refractivity contribution in [1.82, 2.24) is 4.57 Å². The highest BCUT2D eigenvalue weighted by Crippen LogP contribution is 2.32. The van der Waals surface area contributed by atoms with E-state index in [0.29, 0.717) is 25.1 Å². The van der Waals surface area contributed by atoms with Crippen LogP contribution in [0, 0.1) is 5.41 Å². The molecule has 0 spiro atoms. The molecule has 1 aromatic heterocycles. The fourth-order valence-corrected chi connectivity index (χ4v) is 3.19. The predicted octanol–water partition coefficient (Wildman–Crippen LogP) is 4.86. The highest BCUT2D eigenvalue weighted by molar-refractivity contribution is 5.89. The maximum absolute atomic E-state index is 13.3. The fraction of sp³-hybridized carbons (Fsp3) is 0.609. The third-order valence-electron chi connectivity index (χ3n) is 4.64. The largest absolute Gasteiger partial charge is 0.494 e. The molecule has 0 aliphatic carbocycles. The van der Waals surface area contributed by atoms with Crippen LogP contribution in [0.3, 0.4) is 0 Å². The Morgan fingerprint density at radius 2 is 1.64 bits per heavy atom. The zero-order valence-electron chi connectivity index (χ0n) is 18.1. The van der Waals surface area contributed by atoms with Crippen molar-refractivity contribution in [2.24, 2.45) is 11.1 Å². The molecule has 0 amide bonds. The second kappa shape index (κ2) is 9.97. The van der Waals surface area contributed by atoms with Crippen LogP contribution >= 0.6 is 0 Å². The first kappa shape index (κ1) is 22.3. The number of pyridine rings is 1. The molecular formula is C23H36N2O3. The highest BCUT2D eigenvalue weighted by Gasteiger charge is 2.21. The smallest absolute Gasteiger partial charge is 0.258 e. The molecule has 0 fully saturated rings. The first-order valence-electron chi connectivity index (χ1n) is 10.5. The van der Waals surface area contributed by atoms with Crippen molar-refractivity contribution < 1.29 is 9.47 Å². The summed E-state index contributed by atoms with van der Waals surface area (Å²) in [5.74, 6) is 1.48. The zero-order valence-corrected chi connectivity index (χ0v) is 18.1. The minimum absolute atomic E-state index is 0.0201. The lowest BCUT2D eigenvalue weighted by Gasteiger charge is -2.25. The van der Waals surface area contributed by atoms with E-state index >= 15 is 0 Å². The van der Waals surface area contributed by atoms with Crippen molar-refractivity contribution in [3.8, 4) is 11.5 Å². The Kier molecular flexibility index (Phi) is 7.93. The summed E-state index contributed by atoms with van der Waals surface area (Å²) < 4.78 is 13.8. The Labute approximate surface area is 168 Å². The molecule has 0 radical (unpaired) electrons. The van der Waals surface area contributed by atoms with Crippen molar-refractivity contribution in [2.75, 3.05) is 13.2 Å². The van der Waals surface area contributed by atoms with Gasteiger partial charge in [-0.05, 0) is 36.5 Å². The van der Waals surface area contributed by atoms with Gasteiger partial charge in [0.2, 0.25) is 0 Å². The summed E-state index contributed by atoms with van der Waals surface area (Å²) in [7, 11) is 0. The summed E-state index contributed by atoms with van der Waals surface area (Å²) in [6.07, 6.45) is 4.08. The highest BCUT2D eigenvalue weighted by atomic mass is 16.5. The first-order chi connectivity index (χ1) is 13.3. The maximum Gasteiger partial charge on any atom is 0.258 e. The van der Waals surface area contributed by atoms with E-state index in [9.17, 15) is 4.79 Å². The van der Waals surface area contributed by atoms with Crippen LogP contribution in [0.2, 0.25) is 0 Å². The Bertz CT molecular complexity index is 834. The van der Waals surface area contributed by atoms with Gasteiger partial charge >= 0.3 is 0 Å². The van der Waals surface area contributed by atoms with Crippen molar-refractivity contribution in [3.05, 3.63) is 34.2 Å². The van der Waals surface area contributed by atoms with Gasteiger partial charge in [-0.25, -0.2) is 0 Å². The van der Waals surface area contributed by atoms with Gasteiger partial charge in [-0.2, -0.15) is 0 Å². The molecule has 28 heavy (non-hydrogen) atoms. The second-order valence-corrected chi connectivity index (χ2v) is 8.54. The van der Waals surface area contributed by atoms with E-state index in [4.69, 9.17) is 15.2 Å². The van der Waals surface area contributed by atoms with Crippen LogP contribution in [-0.4, -0.2) is 17.8 Å². The van der Waals surface area contributed by atoms with E-state index in [0.717, 1.165) is 48.3 Å². The molecule has 1 aromatic carbocycles. The molecule has 2 aromatic rings. The summed E-state index contributed by atoms with van der Waals surface area (Å²) in [5, 5.41) is 1.44. The van der Waals surface area contributed by atoms with Gasteiger partial charge in [-0.1, -0.05) is 47.5 Å². The first-order valence-corrected chi connectivity index (χ1v) is 10.5. The molecule has 0 saturated carbocycles. The molecule has 2 rings (SSSR count). The number of hydrogen-bond acceptors (Lipinski definition) is 4. The van der Waals surface area contributed by atoms with Gasteiger partial charge in [0.1, 0.15) is 11.5 Å². The summed E-state index contributed by atoms with van der Waals surface area (Å²) in [4.78, 5) is 13.3. The SMILES string of the molecule is CCCCOc1ccc2c(=O)n(CC(C)(C)C)c(CN)c(OCCCC)c2c1. The molecule has 5 nitrogen and oxygen atoms in total. The van der Waals surface area contributed by atoms with Crippen LogP contribution in [0.5, 0.6) is 11.5 Å². The molecule has 0 atom stereocenters. The van der Waals surface area contributed by atoms with E-state index in [-0.39, 0.29) is 17.5 Å². The van der Waals surface area contributed by atoms with E-state index < -0.39 is 0 Å². The van der Waals surface area contributed by atoms with Crippen LogP contribution in [0.25, 0.3) is 10.8 Å². The summed E-state index contributed by atoms with van der Waals surface area (Å²) in [5.41, 5.74) is 6.79. The van der Waals surface area contributed by atoms with E-state index in [2.05, 4.69) is 34.6 Å². The van der Waals surface area contributed by atoms with Crippen LogP contribution in [-0.2, 0) is 13.1 Å². The van der Waals surface area contributed by atoms with Crippen molar-refractivity contribution in [2.45, 2.75) is 73.4 Å². The van der Waals surface area contributed by atoms with Crippen LogP contribution < -0.4 is 20.8 Å². The van der Waals surface area contributed by atoms with Gasteiger partial charge in [-0.3, -0.25) is 4.79 Å². The third-order valence-corrected chi connectivity index (χ3v) is 4.64. The topological polar surface area (TPSA) is 66.5 Å². The van der Waals surface area contributed by atoms with Crippen LogP contribution in [0.1, 0.15) is 66.0 Å². The number of unbranched alkanes of at least 4 members (excludes halogenated alkanes) is 2. The molecule has 1 heterocycles. The summed E-state index contributed by atoms with van der Waals surface area (Å²) >= 11 is 0. The number of rotatable bonds is 10. The predicted molar refractivity (Wildman–Crippen MR) is 116 cm³/mol. The van der Waals surface area contributed by atoms with E-state index in [1.807, 2.05) is 18.2 Å². The van der Waals surface area contributed by atoms with Gasteiger partial charge in [-0.15, -0.1) is 0 Å². The molecule has 5 heteroatoms. The molecule has 156 valence electrons.